The van der Waals surface area contributed by atoms with Crippen molar-refractivity contribution in [2.24, 2.45) is 16.7 Å². The molecule has 3 fully saturated rings. The van der Waals surface area contributed by atoms with E-state index in [-0.39, 0.29) is 23.8 Å². The minimum absolute atomic E-state index is 0.0389. The molecule has 3 rings (SSSR count). The van der Waals surface area contributed by atoms with E-state index in [1.807, 2.05) is 20.8 Å². The van der Waals surface area contributed by atoms with Crippen molar-refractivity contribution in [3.63, 3.8) is 0 Å². The van der Waals surface area contributed by atoms with Crippen LogP contribution in [0.4, 0.5) is 4.79 Å². The zero-order valence-corrected chi connectivity index (χ0v) is 17.0. The van der Waals surface area contributed by atoms with Crippen LogP contribution in [0.5, 0.6) is 0 Å². The number of nitrogens with zero attached hydrogens (tertiary/aromatic N) is 1. The zero-order chi connectivity index (χ0) is 19.3. The number of likely N-dealkylation sites (tertiary alicyclic amines) is 1. The lowest BCUT2D eigenvalue weighted by Gasteiger charge is -2.36. The van der Waals surface area contributed by atoms with Crippen molar-refractivity contribution in [2.75, 3.05) is 6.61 Å². The summed E-state index contributed by atoms with van der Waals surface area (Å²) < 4.78 is 5.56. The molecule has 26 heavy (non-hydrogen) atoms. The van der Waals surface area contributed by atoms with E-state index < -0.39 is 17.7 Å². The maximum Gasteiger partial charge on any atom is 0.411 e. The molecule has 3 aliphatic rings. The lowest BCUT2D eigenvalue weighted by Crippen LogP contribution is -2.46. The van der Waals surface area contributed by atoms with Gasteiger partial charge >= 0.3 is 6.09 Å². The average molecular weight is 366 g/mol. The van der Waals surface area contributed by atoms with E-state index in [2.05, 4.69) is 13.8 Å². The van der Waals surface area contributed by atoms with Crippen molar-refractivity contribution in [1.82, 2.24) is 4.90 Å². The molecule has 1 N–H and O–H groups in total. The summed E-state index contributed by atoms with van der Waals surface area (Å²) in [5.41, 5.74) is -0.557. The van der Waals surface area contributed by atoms with Crippen LogP contribution < -0.4 is 0 Å². The lowest BCUT2D eigenvalue weighted by atomic mass is 9.70. The summed E-state index contributed by atoms with van der Waals surface area (Å²) in [6.45, 7) is 10.1. The van der Waals surface area contributed by atoms with Crippen LogP contribution in [-0.2, 0) is 9.53 Å². The van der Waals surface area contributed by atoms with Gasteiger partial charge in [0.15, 0.2) is 5.78 Å². The van der Waals surface area contributed by atoms with E-state index in [0.717, 1.165) is 19.3 Å². The molecule has 148 valence electrons. The molecule has 0 aromatic carbocycles. The maximum atomic E-state index is 13.1. The van der Waals surface area contributed by atoms with Crippen LogP contribution in [0, 0.1) is 16.7 Å². The molecule has 2 aliphatic carbocycles. The van der Waals surface area contributed by atoms with Gasteiger partial charge in [-0.2, -0.15) is 0 Å². The number of piperidine rings is 1. The lowest BCUT2D eigenvalue weighted by molar-refractivity contribution is -0.125. The van der Waals surface area contributed by atoms with E-state index >= 15 is 0 Å². The Morgan fingerprint density at radius 2 is 1.88 bits per heavy atom. The standard InChI is InChI=1S/C21H35NO4/c1-19(2,3)26-18(25)22-15(11-21(13-23)12-17(21)22)16(24)9-14-7-6-8-20(4,5)10-14/h14-15,17,23H,6-13H2,1-5H3/t14?,15-,17+,21-/m0/s1. The van der Waals surface area contributed by atoms with Crippen molar-refractivity contribution in [3.05, 3.63) is 0 Å². The second-order valence-corrected chi connectivity index (χ2v) is 10.6. The Morgan fingerprint density at radius 3 is 2.46 bits per heavy atom. The fraction of sp³-hybridized carbons (Fsp3) is 0.905. The summed E-state index contributed by atoms with van der Waals surface area (Å²) in [6.07, 6.45) is 6.08. The van der Waals surface area contributed by atoms with Gasteiger partial charge < -0.3 is 9.84 Å². The Labute approximate surface area is 157 Å². The quantitative estimate of drug-likeness (QED) is 0.820. The Bertz CT molecular complexity index is 579. The highest BCUT2D eigenvalue weighted by atomic mass is 16.6. The number of ether oxygens (including phenoxy) is 1. The van der Waals surface area contributed by atoms with Gasteiger partial charge in [-0.1, -0.05) is 20.3 Å². The smallest absolute Gasteiger partial charge is 0.411 e. The van der Waals surface area contributed by atoms with Crippen molar-refractivity contribution in [3.8, 4) is 0 Å². The molecular weight excluding hydrogens is 330 g/mol. The summed E-state index contributed by atoms with van der Waals surface area (Å²) in [5.74, 6) is 0.562. The molecule has 5 nitrogen and oxygen atoms in total. The fourth-order valence-corrected chi connectivity index (χ4v) is 5.16. The second-order valence-electron chi connectivity index (χ2n) is 10.6. The summed E-state index contributed by atoms with van der Waals surface area (Å²) in [5, 5.41) is 9.80. The van der Waals surface area contributed by atoms with Crippen LogP contribution in [0.1, 0.15) is 79.6 Å². The third kappa shape index (κ3) is 3.92. The highest BCUT2D eigenvalue weighted by Gasteiger charge is 2.67. The minimum Gasteiger partial charge on any atom is -0.444 e. The Hall–Kier alpha value is -1.10. The van der Waals surface area contributed by atoms with Gasteiger partial charge in [-0.05, 0) is 64.2 Å². The number of hydrogen-bond donors (Lipinski definition) is 1. The van der Waals surface area contributed by atoms with Gasteiger partial charge in [-0.15, -0.1) is 0 Å². The molecule has 0 bridgehead atoms. The van der Waals surface area contributed by atoms with Crippen LogP contribution in [-0.4, -0.2) is 46.2 Å². The fourth-order valence-electron chi connectivity index (χ4n) is 5.16. The number of carbonyl (C=O) groups is 2. The first-order valence-corrected chi connectivity index (χ1v) is 10.1. The van der Waals surface area contributed by atoms with Gasteiger partial charge in [0.2, 0.25) is 0 Å². The number of hydrogen-bond acceptors (Lipinski definition) is 4. The summed E-state index contributed by atoms with van der Waals surface area (Å²) in [6, 6.07) is -0.472. The van der Waals surface area contributed by atoms with Crippen LogP contribution in [0.25, 0.3) is 0 Å². The van der Waals surface area contributed by atoms with E-state index in [1.165, 1.54) is 12.8 Å². The molecule has 1 heterocycles. The third-order valence-corrected chi connectivity index (χ3v) is 6.51. The Kier molecular flexibility index (Phi) is 4.92. The molecule has 4 atom stereocenters. The number of fused-ring (bicyclic) bond motifs is 1. The van der Waals surface area contributed by atoms with Gasteiger partial charge in [-0.25, -0.2) is 4.79 Å². The monoisotopic (exact) mass is 365 g/mol. The average Bonchev–Trinajstić information content (AvgIpc) is 3.09. The molecule has 1 saturated heterocycles. The topological polar surface area (TPSA) is 66.8 Å². The first kappa shape index (κ1) is 19.7. The number of aliphatic hydroxyl groups excluding tert-OH is 1. The first-order chi connectivity index (χ1) is 12.0. The van der Waals surface area contributed by atoms with E-state index in [1.54, 1.807) is 4.90 Å². The maximum absolute atomic E-state index is 13.1. The summed E-state index contributed by atoms with van der Waals surface area (Å²) in [7, 11) is 0. The largest absolute Gasteiger partial charge is 0.444 e. The third-order valence-electron chi connectivity index (χ3n) is 6.51. The molecule has 2 saturated carbocycles. The Morgan fingerprint density at radius 1 is 1.19 bits per heavy atom. The van der Waals surface area contributed by atoms with Crippen molar-refractivity contribution >= 4 is 11.9 Å². The Balaban J connectivity index is 1.70. The van der Waals surface area contributed by atoms with Gasteiger partial charge in [0.1, 0.15) is 5.60 Å². The van der Waals surface area contributed by atoms with E-state index in [4.69, 9.17) is 4.74 Å². The molecule has 1 unspecified atom stereocenters. The van der Waals surface area contributed by atoms with Gasteiger partial charge in [0.25, 0.3) is 0 Å². The van der Waals surface area contributed by atoms with Gasteiger partial charge in [0.05, 0.1) is 12.6 Å². The zero-order valence-electron chi connectivity index (χ0n) is 17.0. The number of aliphatic hydroxyl groups is 1. The highest BCUT2D eigenvalue weighted by Crippen LogP contribution is 2.59. The number of amides is 1. The minimum atomic E-state index is -0.586. The summed E-state index contributed by atoms with van der Waals surface area (Å²) in [4.78, 5) is 27.5. The molecule has 1 aliphatic heterocycles. The molecule has 0 aromatic heterocycles. The van der Waals surface area contributed by atoms with Crippen molar-refractivity contribution < 1.29 is 19.4 Å². The number of rotatable bonds is 4. The van der Waals surface area contributed by atoms with Crippen LogP contribution in [0.3, 0.4) is 0 Å². The van der Waals surface area contributed by atoms with Gasteiger partial charge in [0, 0.05) is 17.9 Å². The predicted molar refractivity (Wildman–Crippen MR) is 99.8 cm³/mol. The number of Topliss-reactive ketones (excluding diaryl/α,β-unsaturated/α-hetero) is 1. The normalized spacial score (nSPS) is 35.8. The predicted octanol–water partition coefficient (Wildman–Crippen LogP) is 3.92. The SMILES string of the molecule is CC1(C)CCCC(CC(=O)[C@@H]2C[C@@]3(CO)C[C@H]3N2C(=O)OC(C)(C)C)C1. The number of carbonyl (C=O) groups excluding carboxylic acids is 2. The molecule has 0 radical (unpaired) electrons. The second kappa shape index (κ2) is 6.50. The summed E-state index contributed by atoms with van der Waals surface area (Å²) >= 11 is 0. The highest BCUT2D eigenvalue weighted by molar-refractivity contribution is 5.89. The van der Waals surface area contributed by atoms with Crippen LogP contribution in [0.15, 0.2) is 0 Å². The molecular formula is C21H35NO4. The van der Waals surface area contributed by atoms with Crippen molar-refractivity contribution in [2.45, 2.75) is 97.2 Å². The molecule has 0 aromatic rings. The number of ketones is 1. The van der Waals surface area contributed by atoms with Crippen LogP contribution in [0.2, 0.25) is 0 Å². The van der Waals surface area contributed by atoms with E-state index in [9.17, 15) is 14.7 Å². The van der Waals surface area contributed by atoms with E-state index in [0.29, 0.717) is 24.2 Å². The molecule has 0 spiro atoms. The van der Waals surface area contributed by atoms with Crippen molar-refractivity contribution in [1.29, 1.82) is 0 Å². The first-order valence-electron chi connectivity index (χ1n) is 10.1. The molecule has 5 heteroatoms. The molecule has 1 amide bonds. The van der Waals surface area contributed by atoms with Gasteiger partial charge in [-0.3, -0.25) is 9.69 Å². The van der Waals surface area contributed by atoms with Crippen LogP contribution >= 0.6 is 0 Å².